The number of ether oxygens (including phenoxy) is 1. The molecule has 0 aliphatic carbocycles. The molecule has 3 aliphatic rings. The molecule has 0 bridgehead atoms. The van der Waals surface area contributed by atoms with Gasteiger partial charge in [0.2, 0.25) is 11.8 Å². The van der Waals surface area contributed by atoms with Crippen molar-refractivity contribution in [3.63, 3.8) is 0 Å². The first-order chi connectivity index (χ1) is 12.0. The lowest BCUT2D eigenvalue weighted by molar-refractivity contribution is -0.136. The quantitative estimate of drug-likeness (QED) is 0.717. The van der Waals surface area contributed by atoms with Crippen LogP contribution in [0.25, 0.3) is 0 Å². The van der Waals surface area contributed by atoms with Crippen LogP contribution in [0.3, 0.4) is 0 Å². The monoisotopic (exact) mass is 343 g/mol. The zero-order valence-corrected chi connectivity index (χ0v) is 13.7. The third kappa shape index (κ3) is 2.25. The first kappa shape index (κ1) is 15.8. The molecule has 0 spiro atoms. The van der Waals surface area contributed by atoms with Gasteiger partial charge < -0.3 is 10.1 Å². The molecule has 3 heterocycles. The maximum absolute atomic E-state index is 13.0. The van der Waals surface area contributed by atoms with Gasteiger partial charge in [-0.1, -0.05) is 0 Å². The molecule has 130 valence electrons. The van der Waals surface area contributed by atoms with E-state index in [0.717, 1.165) is 29.0 Å². The summed E-state index contributed by atoms with van der Waals surface area (Å²) in [7, 11) is 1.45. The highest BCUT2D eigenvalue weighted by atomic mass is 16.5. The summed E-state index contributed by atoms with van der Waals surface area (Å²) in [4.78, 5) is 50.5. The molecule has 4 rings (SSSR count). The number of nitrogens with zero attached hydrogens (tertiary/aromatic N) is 1. The Morgan fingerprint density at radius 1 is 1.12 bits per heavy atom. The van der Waals surface area contributed by atoms with E-state index in [4.69, 9.17) is 4.74 Å². The van der Waals surface area contributed by atoms with E-state index < -0.39 is 29.7 Å². The van der Waals surface area contributed by atoms with Gasteiger partial charge in [-0.05, 0) is 36.6 Å². The van der Waals surface area contributed by atoms with E-state index >= 15 is 0 Å². The predicted molar refractivity (Wildman–Crippen MR) is 85.1 cm³/mol. The molecule has 3 aliphatic heterocycles. The molecular formula is C17H17N3O5. The number of carbonyl (C=O) groups is 4. The smallest absolute Gasteiger partial charge is 0.266 e. The van der Waals surface area contributed by atoms with Gasteiger partial charge in [0.15, 0.2) is 0 Å². The lowest BCUT2D eigenvalue weighted by Crippen LogP contribution is -2.54. The largest absolute Gasteiger partial charge is 0.496 e. The first-order valence-electron chi connectivity index (χ1n) is 8.18. The fourth-order valence-electron chi connectivity index (χ4n) is 3.77. The molecule has 0 aromatic heterocycles. The van der Waals surface area contributed by atoms with Gasteiger partial charge in [0.05, 0.1) is 18.2 Å². The number of fused-ring (bicyclic) bond motifs is 3. The lowest BCUT2D eigenvalue weighted by Gasteiger charge is -2.28. The first-order valence-corrected chi connectivity index (χ1v) is 8.18. The molecular weight excluding hydrogens is 326 g/mol. The van der Waals surface area contributed by atoms with Crippen molar-refractivity contribution >= 4 is 23.6 Å². The molecule has 1 fully saturated rings. The van der Waals surface area contributed by atoms with Crippen molar-refractivity contribution in [2.45, 2.75) is 31.8 Å². The van der Waals surface area contributed by atoms with E-state index in [2.05, 4.69) is 10.6 Å². The van der Waals surface area contributed by atoms with Crippen LogP contribution in [-0.2, 0) is 22.6 Å². The van der Waals surface area contributed by atoms with Crippen LogP contribution in [0.5, 0.6) is 5.75 Å². The third-order valence-corrected chi connectivity index (χ3v) is 4.97. The highest BCUT2D eigenvalue weighted by Crippen LogP contribution is 2.38. The Balaban J connectivity index is 1.82. The Morgan fingerprint density at radius 3 is 2.60 bits per heavy atom. The van der Waals surface area contributed by atoms with E-state index in [-0.39, 0.29) is 18.4 Å². The molecule has 8 nitrogen and oxygen atoms in total. The second-order valence-electron chi connectivity index (χ2n) is 6.34. The minimum Gasteiger partial charge on any atom is -0.496 e. The number of imide groups is 2. The minimum atomic E-state index is -0.970. The number of hydrogen-bond acceptors (Lipinski definition) is 6. The maximum Gasteiger partial charge on any atom is 0.266 e. The summed E-state index contributed by atoms with van der Waals surface area (Å²) >= 11 is 0. The predicted octanol–water partition coefficient (Wildman–Crippen LogP) is -0.258. The van der Waals surface area contributed by atoms with Crippen molar-refractivity contribution in [3.05, 3.63) is 28.3 Å². The Kier molecular flexibility index (Phi) is 3.57. The zero-order chi connectivity index (χ0) is 17.7. The SMILES string of the molecule is COc1cc2c(c3c1C(=O)N(C1CCC(=O)NC1=O)C3=O)CNCC2. The van der Waals surface area contributed by atoms with E-state index in [1.807, 2.05) is 0 Å². The topological polar surface area (TPSA) is 105 Å². The van der Waals surface area contributed by atoms with Crippen LogP contribution in [0.15, 0.2) is 6.07 Å². The van der Waals surface area contributed by atoms with Crippen molar-refractivity contribution in [3.8, 4) is 5.75 Å². The van der Waals surface area contributed by atoms with Crippen molar-refractivity contribution in [1.82, 2.24) is 15.5 Å². The average Bonchev–Trinajstić information content (AvgIpc) is 2.86. The highest BCUT2D eigenvalue weighted by molar-refractivity contribution is 6.25. The highest BCUT2D eigenvalue weighted by Gasteiger charge is 2.47. The van der Waals surface area contributed by atoms with Crippen molar-refractivity contribution in [2.24, 2.45) is 0 Å². The molecule has 1 aromatic carbocycles. The van der Waals surface area contributed by atoms with Gasteiger partial charge in [-0.25, -0.2) is 0 Å². The summed E-state index contributed by atoms with van der Waals surface area (Å²) in [6.07, 6.45) is 0.971. The van der Waals surface area contributed by atoms with Gasteiger partial charge in [0.25, 0.3) is 11.8 Å². The van der Waals surface area contributed by atoms with Crippen LogP contribution in [-0.4, -0.2) is 48.2 Å². The molecule has 0 saturated carbocycles. The fraction of sp³-hybridized carbons (Fsp3) is 0.412. The number of hydrogen-bond donors (Lipinski definition) is 2. The molecule has 1 atom stereocenters. The van der Waals surface area contributed by atoms with Gasteiger partial charge in [-0.15, -0.1) is 0 Å². The minimum absolute atomic E-state index is 0.0978. The standard InChI is InChI=1S/C17H17N3O5/c1-25-11-6-8-4-5-18-7-9(8)13-14(11)17(24)20(16(13)23)10-2-3-12(21)19-15(10)22/h6,10,18H,2-5,7H2,1H3,(H,19,21,22). The van der Waals surface area contributed by atoms with E-state index in [0.29, 0.717) is 17.9 Å². The summed E-state index contributed by atoms with van der Waals surface area (Å²) in [5.41, 5.74) is 2.28. The molecule has 1 aromatic rings. The summed E-state index contributed by atoms with van der Waals surface area (Å²) in [6, 6.07) is 0.829. The average molecular weight is 343 g/mol. The van der Waals surface area contributed by atoms with Gasteiger partial charge in [-0.3, -0.25) is 29.4 Å². The molecule has 2 N–H and O–H groups in total. The van der Waals surface area contributed by atoms with Crippen LogP contribution in [0.1, 0.15) is 44.7 Å². The van der Waals surface area contributed by atoms with Gasteiger partial charge in [0.1, 0.15) is 11.8 Å². The molecule has 1 saturated heterocycles. The van der Waals surface area contributed by atoms with Crippen molar-refractivity contribution < 1.29 is 23.9 Å². The number of benzene rings is 1. The summed E-state index contributed by atoms with van der Waals surface area (Å²) < 4.78 is 5.35. The molecule has 8 heteroatoms. The number of nitrogens with one attached hydrogen (secondary N) is 2. The normalized spacial score (nSPS) is 22.6. The molecule has 1 unspecified atom stereocenters. The zero-order valence-electron chi connectivity index (χ0n) is 13.7. The Labute approximate surface area is 143 Å². The number of piperidine rings is 1. The van der Waals surface area contributed by atoms with Crippen LogP contribution in [0.4, 0.5) is 0 Å². The molecule has 0 radical (unpaired) electrons. The Morgan fingerprint density at radius 2 is 1.88 bits per heavy atom. The van der Waals surface area contributed by atoms with Crippen LogP contribution < -0.4 is 15.4 Å². The third-order valence-electron chi connectivity index (χ3n) is 4.97. The Bertz CT molecular complexity index is 832. The van der Waals surface area contributed by atoms with Gasteiger partial charge in [0, 0.05) is 13.0 Å². The Hall–Kier alpha value is -2.74. The molecule has 4 amide bonds. The number of rotatable bonds is 2. The van der Waals surface area contributed by atoms with E-state index in [1.165, 1.54) is 7.11 Å². The number of carbonyl (C=O) groups excluding carboxylic acids is 4. The summed E-state index contributed by atoms with van der Waals surface area (Å²) in [5, 5.41) is 5.40. The second-order valence-corrected chi connectivity index (χ2v) is 6.34. The second kappa shape index (κ2) is 5.66. The van der Waals surface area contributed by atoms with E-state index in [9.17, 15) is 19.2 Å². The number of methoxy groups -OCH3 is 1. The maximum atomic E-state index is 13.0. The van der Waals surface area contributed by atoms with Gasteiger partial charge in [-0.2, -0.15) is 0 Å². The summed E-state index contributed by atoms with van der Waals surface area (Å²) in [5.74, 6) is -1.69. The summed E-state index contributed by atoms with van der Waals surface area (Å²) in [6.45, 7) is 1.28. The fourth-order valence-corrected chi connectivity index (χ4v) is 3.77. The lowest BCUT2D eigenvalue weighted by atomic mass is 9.92. The van der Waals surface area contributed by atoms with Crippen LogP contribution in [0.2, 0.25) is 0 Å². The number of amides is 4. The molecule has 25 heavy (non-hydrogen) atoms. The van der Waals surface area contributed by atoms with Gasteiger partial charge >= 0.3 is 0 Å². The van der Waals surface area contributed by atoms with E-state index in [1.54, 1.807) is 6.07 Å². The van der Waals surface area contributed by atoms with Crippen LogP contribution >= 0.6 is 0 Å². The van der Waals surface area contributed by atoms with Crippen molar-refractivity contribution in [2.75, 3.05) is 13.7 Å². The van der Waals surface area contributed by atoms with Crippen LogP contribution in [0, 0.1) is 0 Å². The van der Waals surface area contributed by atoms with Crippen molar-refractivity contribution in [1.29, 1.82) is 0 Å².